The molecule has 2 aromatic carbocycles. The van der Waals surface area contributed by atoms with E-state index in [2.05, 4.69) is 13.8 Å². The summed E-state index contributed by atoms with van der Waals surface area (Å²) in [4.78, 5) is 0. The summed E-state index contributed by atoms with van der Waals surface area (Å²) in [5.74, 6) is 0.287. The number of phenolic OH excluding ortho intramolecular Hbond substituents is 1. The first kappa shape index (κ1) is 11.5. The summed E-state index contributed by atoms with van der Waals surface area (Å²) in [6.45, 7) is 4.19. The van der Waals surface area contributed by atoms with Crippen molar-refractivity contribution in [2.45, 2.75) is 19.3 Å². The summed E-state index contributed by atoms with van der Waals surface area (Å²) in [5, 5.41) is 20.4. The second-order valence-electron chi connectivity index (χ2n) is 4.70. The highest BCUT2D eigenvalue weighted by Crippen LogP contribution is 2.32. The van der Waals surface area contributed by atoms with E-state index in [4.69, 9.17) is 0 Å². The first-order valence-electron chi connectivity index (χ1n) is 5.57. The van der Waals surface area contributed by atoms with Crippen molar-refractivity contribution in [1.82, 2.24) is 0 Å². The Labute approximate surface area is 101 Å². The molecule has 0 amide bonds. The third kappa shape index (κ3) is 2.26. The van der Waals surface area contributed by atoms with Crippen LogP contribution in [0.1, 0.15) is 25.0 Å². The lowest BCUT2D eigenvalue weighted by Gasteiger charge is -2.26. The number of hydrogen-bond donors (Lipinski definition) is 1. The summed E-state index contributed by atoms with van der Waals surface area (Å²) < 4.78 is 0. The van der Waals surface area contributed by atoms with Gasteiger partial charge in [0.15, 0.2) is 0 Å². The van der Waals surface area contributed by atoms with Crippen LogP contribution >= 0.6 is 0 Å². The van der Waals surface area contributed by atoms with E-state index in [1.807, 2.05) is 24.3 Å². The summed E-state index contributed by atoms with van der Waals surface area (Å²) in [6, 6.07) is 14.0. The van der Waals surface area contributed by atoms with Gasteiger partial charge in [0.2, 0.25) is 0 Å². The van der Waals surface area contributed by atoms with Crippen LogP contribution in [0.5, 0.6) is 11.5 Å². The van der Waals surface area contributed by atoms with Crippen LogP contribution in [0.15, 0.2) is 48.5 Å². The minimum atomic E-state index is -0.179. The molecule has 0 saturated carbocycles. The smallest absolute Gasteiger partial charge is 0.115 e. The Morgan fingerprint density at radius 1 is 0.824 bits per heavy atom. The van der Waals surface area contributed by atoms with Crippen LogP contribution in [0.3, 0.4) is 0 Å². The molecule has 0 unspecified atom stereocenters. The minimum absolute atomic E-state index is 0.0234. The van der Waals surface area contributed by atoms with Crippen LogP contribution in [0, 0.1) is 0 Å². The van der Waals surface area contributed by atoms with Gasteiger partial charge in [-0.15, -0.1) is 5.75 Å². The molecule has 1 N–H and O–H groups in total. The van der Waals surface area contributed by atoms with Crippen molar-refractivity contribution in [3.8, 4) is 11.5 Å². The van der Waals surface area contributed by atoms with E-state index >= 15 is 0 Å². The number of benzene rings is 2. The molecule has 0 heterocycles. The summed E-state index contributed by atoms with van der Waals surface area (Å²) in [6.07, 6.45) is 0. The number of phenols is 1. The van der Waals surface area contributed by atoms with Gasteiger partial charge >= 0.3 is 0 Å². The van der Waals surface area contributed by atoms with Gasteiger partial charge in [-0.05, 0) is 23.3 Å². The molecule has 0 bridgehead atoms. The number of hydrogen-bond acceptors (Lipinski definition) is 2. The van der Waals surface area contributed by atoms with Gasteiger partial charge in [-0.3, -0.25) is 0 Å². The van der Waals surface area contributed by atoms with Crippen molar-refractivity contribution in [3.05, 3.63) is 59.7 Å². The molecular formula is C15H15O2-. The second kappa shape index (κ2) is 4.13. The van der Waals surface area contributed by atoms with E-state index in [0.29, 0.717) is 0 Å². The minimum Gasteiger partial charge on any atom is -0.872 e. The maximum absolute atomic E-state index is 11.1. The van der Waals surface area contributed by atoms with Gasteiger partial charge in [-0.2, -0.15) is 0 Å². The molecule has 0 saturated heterocycles. The molecule has 0 aromatic heterocycles. The molecule has 0 fully saturated rings. The predicted molar refractivity (Wildman–Crippen MR) is 66.1 cm³/mol. The molecular weight excluding hydrogens is 212 g/mol. The number of rotatable bonds is 2. The van der Waals surface area contributed by atoms with Gasteiger partial charge in [0.25, 0.3) is 0 Å². The van der Waals surface area contributed by atoms with Gasteiger partial charge in [-0.1, -0.05) is 50.2 Å². The van der Waals surface area contributed by atoms with E-state index in [-0.39, 0.29) is 16.9 Å². The molecule has 0 radical (unpaired) electrons. The van der Waals surface area contributed by atoms with E-state index < -0.39 is 0 Å². The van der Waals surface area contributed by atoms with Crippen LogP contribution in [-0.2, 0) is 5.41 Å². The maximum Gasteiger partial charge on any atom is 0.115 e. The Hall–Kier alpha value is -1.96. The zero-order valence-corrected chi connectivity index (χ0v) is 9.97. The standard InChI is InChI=1S/C15H16O2/c1-15(2,11-3-7-13(16)8-4-11)12-5-9-14(17)10-6-12/h3-10,16-17H,1-2H3/p-1. The highest BCUT2D eigenvalue weighted by Gasteiger charge is 2.22. The Morgan fingerprint density at radius 2 is 1.24 bits per heavy atom. The molecule has 17 heavy (non-hydrogen) atoms. The number of aromatic hydroxyl groups is 1. The molecule has 2 aromatic rings. The molecule has 0 atom stereocenters. The van der Waals surface area contributed by atoms with Crippen molar-refractivity contribution in [3.63, 3.8) is 0 Å². The molecule has 2 nitrogen and oxygen atoms in total. The maximum atomic E-state index is 11.1. The van der Waals surface area contributed by atoms with Crippen LogP contribution in [-0.4, -0.2) is 5.11 Å². The largest absolute Gasteiger partial charge is 0.872 e. The third-order valence-corrected chi connectivity index (χ3v) is 3.16. The van der Waals surface area contributed by atoms with E-state index in [1.54, 1.807) is 24.3 Å². The lowest BCUT2D eigenvalue weighted by molar-refractivity contribution is -0.268. The molecule has 0 aliphatic carbocycles. The zero-order valence-electron chi connectivity index (χ0n) is 9.97. The van der Waals surface area contributed by atoms with Crippen molar-refractivity contribution in [2.24, 2.45) is 0 Å². The average Bonchev–Trinajstić information content (AvgIpc) is 2.30. The molecule has 2 heteroatoms. The fourth-order valence-corrected chi connectivity index (χ4v) is 1.92. The summed E-state index contributed by atoms with van der Waals surface area (Å²) in [7, 11) is 0. The fraction of sp³-hybridized carbons (Fsp3) is 0.200. The SMILES string of the molecule is CC(C)(c1ccc([O-])cc1)c1ccc(O)cc1. The normalized spacial score (nSPS) is 11.4. The Kier molecular flexibility index (Phi) is 2.80. The van der Waals surface area contributed by atoms with Gasteiger partial charge in [0.1, 0.15) is 5.75 Å². The highest BCUT2D eigenvalue weighted by molar-refractivity contribution is 5.41. The van der Waals surface area contributed by atoms with E-state index in [1.165, 1.54) is 0 Å². The van der Waals surface area contributed by atoms with Crippen LogP contribution < -0.4 is 5.11 Å². The van der Waals surface area contributed by atoms with Gasteiger partial charge in [0.05, 0.1) is 0 Å². The van der Waals surface area contributed by atoms with Crippen molar-refractivity contribution < 1.29 is 10.2 Å². The Bertz CT molecular complexity index is 448. The van der Waals surface area contributed by atoms with Crippen molar-refractivity contribution >= 4 is 0 Å². The average molecular weight is 227 g/mol. The summed E-state index contributed by atoms with van der Waals surface area (Å²) >= 11 is 0. The van der Waals surface area contributed by atoms with E-state index in [9.17, 15) is 10.2 Å². The Balaban J connectivity index is 2.41. The first-order chi connectivity index (χ1) is 8.00. The first-order valence-corrected chi connectivity index (χ1v) is 5.57. The van der Waals surface area contributed by atoms with Crippen LogP contribution in [0.2, 0.25) is 0 Å². The molecule has 2 rings (SSSR count). The molecule has 88 valence electrons. The summed E-state index contributed by atoms with van der Waals surface area (Å²) in [5.41, 5.74) is 2.01. The quantitative estimate of drug-likeness (QED) is 0.857. The zero-order chi connectivity index (χ0) is 12.5. The fourth-order valence-electron chi connectivity index (χ4n) is 1.92. The predicted octanol–water partition coefficient (Wildman–Crippen LogP) is 2.79. The monoisotopic (exact) mass is 227 g/mol. The van der Waals surface area contributed by atoms with Crippen LogP contribution in [0.25, 0.3) is 0 Å². The van der Waals surface area contributed by atoms with Crippen LogP contribution in [0.4, 0.5) is 0 Å². The van der Waals surface area contributed by atoms with E-state index in [0.717, 1.165) is 11.1 Å². The topological polar surface area (TPSA) is 43.3 Å². The van der Waals surface area contributed by atoms with Crippen molar-refractivity contribution in [2.75, 3.05) is 0 Å². The highest BCUT2D eigenvalue weighted by atomic mass is 16.3. The second-order valence-corrected chi connectivity index (χ2v) is 4.70. The van der Waals surface area contributed by atoms with Gasteiger partial charge in [0, 0.05) is 5.41 Å². The van der Waals surface area contributed by atoms with Crippen molar-refractivity contribution in [1.29, 1.82) is 0 Å². The lowest BCUT2D eigenvalue weighted by atomic mass is 9.78. The third-order valence-electron chi connectivity index (χ3n) is 3.16. The molecule has 0 spiro atoms. The molecule has 0 aliphatic rings. The Morgan fingerprint density at radius 3 is 1.71 bits per heavy atom. The lowest BCUT2D eigenvalue weighted by Crippen LogP contribution is -2.18. The van der Waals surface area contributed by atoms with Gasteiger partial charge in [-0.25, -0.2) is 0 Å². The van der Waals surface area contributed by atoms with Gasteiger partial charge < -0.3 is 10.2 Å². The molecule has 0 aliphatic heterocycles.